The van der Waals surface area contributed by atoms with Gasteiger partial charge in [-0.1, -0.05) is 36.4 Å². The Balaban J connectivity index is 1.98. The molecule has 0 aromatic heterocycles. The molecule has 2 nitrogen and oxygen atoms in total. The van der Waals surface area contributed by atoms with Gasteiger partial charge in [0.25, 0.3) is 0 Å². The van der Waals surface area contributed by atoms with Crippen LogP contribution in [0.25, 0.3) is 0 Å². The molecule has 0 atom stereocenters. The largest absolute Gasteiger partial charge is 0.248 e. The van der Waals surface area contributed by atoms with Gasteiger partial charge in [0.1, 0.15) is 0 Å². The van der Waals surface area contributed by atoms with Gasteiger partial charge in [0.2, 0.25) is 0 Å². The molecule has 2 aromatic carbocycles. The van der Waals surface area contributed by atoms with E-state index in [0.717, 1.165) is 33.9 Å². The van der Waals surface area contributed by atoms with Crippen molar-refractivity contribution in [2.75, 3.05) is 0 Å². The highest BCUT2D eigenvalue weighted by molar-refractivity contribution is 6.24. The second-order valence-electron chi connectivity index (χ2n) is 6.22. The van der Waals surface area contributed by atoms with Gasteiger partial charge in [-0.05, 0) is 74.3 Å². The van der Waals surface area contributed by atoms with Crippen LogP contribution in [0.1, 0.15) is 25.0 Å². The molecule has 120 valence electrons. The van der Waals surface area contributed by atoms with Crippen LogP contribution >= 0.6 is 0 Å². The smallest absolute Gasteiger partial charge is 0.0670 e. The van der Waals surface area contributed by atoms with E-state index in [9.17, 15) is 0 Å². The number of para-hydroxylation sites is 2. The fraction of sp³-hybridized carbons (Fsp3) is 0.182. The van der Waals surface area contributed by atoms with Crippen LogP contribution < -0.4 is 0 Å². The van der Waals surface area contributed by atoms with Crippen molar-refractivity contribution in [3.8, 4) is 0 Å². The van der Waals surface area contributed by atoms with Crippen molar-refractivity contribution in [2.24, 2.45) is 9.98 Å². The van der Waals surface area contributed by atoms with Crippen LogP contribution in [0.2, 0.25) is 0 Å². The Kier molecular flexibility index (Phi) is 4.57. The molecule has 0 heterocycles. The van der Waals surface area contributed by atoms with Crippen LogP contribution in [0, 0.1) is 13.8 Å². The van der Waals surface area contributed by atoms with E-state index in [1.807, 2.05) is 24.3 Å². The van der Waals surface area contributed by atoms with Crippen molar-refractivity contribution in [2.45, 2.75) is 27.7 Å². The van der Waals surface area contributed by atoms with Gasteiger partial charge in [-0.15, -0.1) is 0 Å². The zero-order valence-corrected chi connectivity index (χ0v) is 14.7. The molecular weight excluding hydrogens is 292 g/mol. The maximum absolute atomic E-state index is 4.83. The average Bonchev–Trinajstić information content (AvgIpc) is 2.56. The summed E-state index contributed by atoms with van der Waals surface area (Å²) < 4.78 is 0. The number of aryl methyl sites for hydroxylation is 2. The van der Waals surface area contributed by atoms with Crippen LogP contribution in [0.15, 0.2) is 81.8 Å². The fourth-order valence-corrected chi connectivity index (χ4v) is 2.66. The third-order valence-corrected chi connectivity index (χ3v) is 4.23. The van der Waals surface area contributed by atoms with Gasteiger partial charge in [0, 0.05) is 0 Å². The highest BCUT2D eigenvalue weighted by Crippen LogP contribution is 2.24. The SMILES string of the molecule is CC1=CC(=Nc2ccccc2C)C(C)=CC1=Nc1ccccc1C. The lowest BCUT2D eigenvalue weighted by molar-refractivity contribution is 1.36. The zero-order valence-electron chi connectivity index (χ0n) is 14.7. The zero-order chi connectivity index (χ0) is 17.1. The molecule has 0 saturated heterocycles. The second kappa shape index (κ2) is 6.79. The van der Waals surface area contributed by atoms with Gasteiger partial charge < -0.3 is 0 Å². The van der Waals surface area contributed by atoms with Gasteiger partial charge in [-0.2, -0.15) is 0 Å². The molecule has 0 radical (unpaired) electrons. The van der Waals surface area contributed by atoms with E-state index in [0.29, 0.717) is 0 Å². The van der Waals surface area contributed by atoms with E-state index < -0.39 is 0 Å². The Bertz CT molecular complexity index is 820. The van der Waals surface area contributed by atoms with Gasteiger partial charge in [0.15, 0.2) is 0 Å². The Labute approximate surface area is 144 Å². The van der Waals surface area contributed by atoms with Crippen molar-refractivity contribution < 1.29 is 0 Å². The Morgan fingerprint density at radius 3 is 1.29 bits per heavy atom. The first-order valence-electron chi connectivity index (χ1n) is 8.20. The molecule has 0 fully saturated rings. The standard InChI is InChI=1S/C22H22N2/c1-15-9-5-7-11-19(15)23-21-13-18(4)22(14-17(21)3)24-20-12-8-6-10-16(20)2/h5-14H,1-4H3. The van der Waals surface area contributed by atoms with Crippen molar-refractivity contribution in [3.63, 3.8) is 0 Å². The third kappa shape index (κ3) is 3.43. The van der Waals surface area contributed by atoms with E-state index >= 15 is 0 Å². The molecule has 1 aliphatic carbocycles. The van der Waals surface area contributed by atoms with Crippen LogP contribution in [0.5, 0.6) is 0 Å². The normalized spacial score (nSPS) is 17.8. The molecule has 2 aromatic rings. The van der Waals surface area contributed by atoms with E-state index in [1.54, 1.807) is 0 Å². The number of benzene rings is 2. The topological polar surface area (TPSA) is 24.7 Å². The number of aliphatic imine (C=N–C) groups is 2. The molecule has 24 heavy (non-hydrogen) atoms. The van der Waals surface area contributed by atoms with Crippen LogP contribution in [0.4, 0.5) is 11.4 Å². The average molecular weight is 314 g/mol. The van der Waals surface area contributed by atoms with Crippen molar-refractivity contribution in [1.82, 2.24) is 0 Å². The summed E-state index contributed by atoms with van der Waals surface area (Å²) >= 11 is 0. The quantitative estimate of drug-likeness (QED) is 0.602. The fourth-order valence-electron chi connectivity index (χ4n) is 2.66. The molecule has 0 spiro atoms. The Morgan fingerprint density at radius 1 is 0.542 bits per heavy atom. The molecular formula is C22H22N2. The predicted octanol–water partition coefficient (Wildman–Crippen LogP) is 6.05. The number of hydrogen-bond donors (Lipinski definition) is 0. The first-order chi connectivity index (χ1) is 11.5. The lowest BCUT2D eigenvalue weighted by atomic mass is 9.97. The van der Waals surface area contributed by atoms with E-state index in [-0.39, 0.29) is 0 Å². The highest BCUT2D eigenvalue weighted by Gasteiger charge is 2.12. The van der Waals surface area contributed by atoms with Gasteiger partial charge in [-0.25, -0.2) is 9.98 Å². The summed E-state index contributed by atoms with van der Waals surface area (Å²) in [7, 11) is 0. The first-order valence-corrected chi connectivity index (χ1v) is 8.20. The summed E-state index contributed by atoms with van der Waals surface area (Å²) in [5, 5.41) is 0. The lowest BCUT2D eigenvalue weighted by Crippen LogP contribution is -2.10. The maximum atomic E-state index is 4.83. The van der Waals surface area contributed by atoms with E-state index in [1.165, 1.54) is 11.1 Å². The summed E-state index contributed by atoms with van der Waals surface area (Å²) in [4.78, 5) is 9.65. The molecule has 0 saturated carbocycles. The molecule has 0 N–H and O–H groups in total. The minimum Gasteiger partial charge on any atom is -0.248 e. The van der Waals surface area contributed by atoms with Crippen molar-refractivity contribution in [3.05, 3.63) is 83.0 Å². The van der Waals surface area contributed by atoms with E-state index in [4.69, 9.17) is 9.98 Å². The maximum Gasteiger partial charge on any atom is 0.0670 e. The summed E-state index contributed by atoms with van der Waals surface area (Å²) in [6, 6.07) is 16.4. The number of hydrogen-bond acceptors (Lipinski definition) is 2. The van der Waals surface area contributed by atoms with Crippen LogP contribution in [0.3, 0.4) is 0 Å². The van der Waals surface area contributed by atoms with Crippen LogP contribution in [-0.4, -0.2) is 11.4 Å². The summed E-state index contributed by atoms with van der Waals surface area (Å²) in [5.74, 6) is 0. The van der Waals surface area contributed by atoms with Crippen molar-refractivity contribution in [1.29, 1.82) is 0 Å². The molecule has 3 rings (SSSR count). The molecule has 0 unspecified atom stereocenters. The van der Waals surface area contributed by atoms with Crippen LogP contribution in [-0.2, 0) is 0 Å². The first kappa shape index (κ1) is 16.1. The monoisotopic (exact) mass is 314 g/mol. The van der Waals surface area contributed by atoms with E-state index in [2.05, 4.69) is 64.1 Å². The van der Waals surface area contributed by atoms with Gasteiger partial charge >= 0.3 is 0 Å². The minimum absolute atomic E-state index is 1.01. The number of rotatable bonds is 2. The van der Waals surface area contributed by atoms with Gasteiger partial charge in [0.05, 0.1) is 22.8 Å². The summed E-state index contributed by atoms with van der Waals surface area (Å²) in [6.07, 6.45) is 4.25. The highest BCUT2D eigenvalue weighted by atomic mass is 14.8. The summed E-state index contributed by atoms with van der Waals surface area (Å²) in [5.41, 5.74) is 8.68. The predicted molar refractivity (Wildman–Crippen MR) is 104 cm³/mol. The minimum atomic E-state index is 1.01. The Morgan fingerprint density at radius 2 is 0.917 bits per heavy atom. The van der Waals surface area contributed by atoms with Gasteiger partial charge in [-0.3, -0.25) is 0 Å². The number of nitrogens with zero attached hydrogens (tertiary/aromatic N) is 2. The second-order valence-corrected chi connectivity index (χ2v) is 6.22. The number of allylic oxidation sites excluding steroid dienone is 4. The van der Waals surface area contributed by atoms with Crippen molar-refractivity contribution >= 4 is 22.8 Å². The molecule has 2 heteroatoms. The third-order valence-electron chi connectivity index (χ3n) is 4.23. The molecule has 1 aliphatic rings. The molecule has 0 aliphatic heterocycles. The summed E-state index contributed by atoms with van der Waals surface area (Å²) in [6.45, 7) is 8.35. The molecule has 0 bridgehead atoms. The lowest BCUT2D eigenvalue weighted by Gasteiger charge is -2.14. The molecule has 0 amide bonds. The Hall–Kier alpha value is -2.74.